The van der Waals surface area contributed by atoms with E-state index in [0.717, 1.165) is 19.3 Å². The van der Waals surface area contributed by atoms with E-state index in [1.54, 1.807) is 35.2 Å². The van der Waals surface area contributed by atoms with Crippen LogP contribution < -0.4 is 10.6 Å². The molecule has 1 atom stereocenters. The van der Waals surface area contributed by atoms with Gasteiger partial charge in [0.15, 0.2) is 0 Å². The molecule has 3 amide bonds. The first-order valence-corrected chi connectivity index (χ1v) is 11.3. The quantitative estimate of drug-likeness (QED) is 0.447. The normalized spacial score (nSPS) is 16.0. The van der Waals surface area contributed by atoms with Gasteiger partial charge >= 0.3 is 12.1 Å². The Morgan fingerprint density at radius 2 is 1.55 bits per heavy atom. The molecular formula is C21H21Cl4N3O3. The molecule has 2 aromatic carbocycles. The highest BCUT2D eigenvalue weighted by Gasteiger charge is 2.27. The van der Waals surface area contributed by atoms with Crippen LogP contribution >= 0.6 is 46.4 Å². The van der Waals surface area contributed by atoms with Gasteiger partial charge in [-0.3, -0.25) is 5.32 Å². The van der Waals surface area contributed by atoms with Crippen molar-refractivity contribution in [3.63, 3.8) is 0 Å². The van der Waals surface area contributed by atoms with Gasteiger partial charge in [-0.1, -0.05) is 46.4 Å². The highest BCUT2D eigenvalue weighted by molar-refractivity contribution is 6.37. The van der Waals surface area contributed by atoms with Crippen molar-refractivity contribution in [3.8, 4) is 0 Å². The zero-order valence-electron chi connectivity index (χ0n) is 16.5. The maximum atomic E-state index is 12.8. The highest BCUT2D eigenvalue weighted by Crippen LogP contribution is 2.28. The molecule has 0 bridgehead atoms. The molecule has 1 saturated heterocycles. The molecule has 1 fully saturated rings. The van der Waals surface area contributed by atoms with E-state index in [4.69, 9.17) is 51.1 Å². The van der Waals surface area contributed by atoms with Gasteiger partial charge in [0.25, 0.3) is 0 Å². The zero-order chi connectivity index (χ0) is 22.4. The highest BCUT2D eigenvalue weighted by atomic mass is 35.5. The van der Waals surface area contributed by atoms with E-state index in [1.165, 1.54) is 6.07 Å². The van der Waals surface area contributed by atoms with Gasteiger partial charge in [-0.2, -0.15) is 0 Å². The number of likely N-dealkylation sites (tertiary alicyclic amines) is 1. The van der Waals surface area contributed by atoms with Crippen LogP contribution in [0, 0.1) is 0 Å². The molecule has 1 aliphatic heterocycles. The van der Waals surface area contributed by atoms with Crippen LogP contribution in [0.15, 0.2) is 36.4 Å². The number of carbonyl (C=O) groups excluding carboxylic acids is 2. The van der Waals surface area contributed by atoms with Crippen molar-refractivity contribution in [2.75, 3.05) is 23.8 Å². The summed E-state index contributed by atoms with van der Waals surface area (Å²) in [4.78, 5) is 26.6. The summed E-state index contributed by atoms with van der Waals surface area (Å²) in [6.45, 7) is 0.779. The number of anilines is 2. The van der Waals surface area contributed by atoms with Gasteiger partial charge in [0.2, 0.25) is 0 Å². The lowest BCUT2D eigenvalue weighted by Gasteiger charge is -2.35. The van der Waals surface area contributed by atoms with Crippen LogP contribution in [0.4, 0.5) is 21.0 Å². The number of nitrogens with zero attached hydrogens (tertiary/aromatic N) is 1. The largest absolute Gasteiger partial charge is 0.449 e. The first-order valence-electron chi connectivity index (χ1n) is 9.75. The summed E-state index contributed by atoms with van der Waals surface area (Å²) in [7, 11) is 0. The summed E-state index contributed by atoms with van der Waals surface area (Å²) in [6.07, 6.45) is 2.64. The number of nitrogens with one attached hydrogen (secondary N) is 2. The van der Waals surface area contributed by atoms with Gasteiger partial charge in [-0.25, -0.2) is 9.59 Å². The van der Waals surface area contributed by atoms with Gasteiger partial charge in [-0.15, -0.1) is 0 Å². The van der Waals surface area contributed by atoms with Gasteiger partial charge in [-0.05, 0) is 55.7 Å². The number of piperidine rings is 1. The van der Waals surface area contributed by atoms with Crippen molar-refractivity contribution in [3.05, 3.63) is 56.5 Å². The van der Waals surface area contributed by atoms with Crippen LogP contribution in [0.1, 0.15) is 25.7 Å². The Balaban J connectivity index is 1.52. The minimum Gasteiger partial charge on any atom is -0.449 e. The number of amides is 3. The topological polar surface area (TPSA) is 70.7 Å². The molecule has 10 heteroatoms. The van der Waals surface area contributed by atoms with Crippen molar-refractivity contribution in [2.45, 2.75) is 31.7 Å². The second kappa shape index (κ2) is 11.1. The summed E-state index contributed by atoms with van der Waals surface area (Å²) >= 11 is 24.0. The molecular weight excluding hydrogens is 484 g/mol. The Bertz CT molecular complexity index is 957. The zero-order valence-corrected chi connectivity index (χ0v) is 19.5. The van der Waals surface area contributed by atoms with Gasteiger partial charge in [0, 0.05) is 29.1 Å². The van der Waals surface area contributed by atoms with Gasteiger partial charge in [0.05, 0.1) is 28.0 Å². The van der Waals surface area contributed by atoms with E-state index in [1.807, 2.05) is 0 Å². The smallest absolute Gasteiger partial charge is 0.411 e. The lowest BCUT2D eigenvalue weighted by atomic mass is 10.00. The summed E-state index contributed by atoms with van der Waals surface area (Å²) in [5.74, 6) is 0. The van der Waals surface area contributed by atoms with Crippen molar-refractivity contribution in [1.82, 2.24) is 4.90 Å². The van der Waals surface area contributed by atoms with E-state index >= 15 is 0 Å². The van der Waals surface area contributed by atoms with Crippen molar-refractivity contribution < 1.29 is 14.3 Å². The Labute approximate surface area is 200 Å². The number of carbonyl (C=O) groups is 2. The maximum absolute atomic E-state index is 12.8. The Morgan fingerprint density at radius 3 is 2.16 bits per heavy atom. The second-order valence-electron chi connectivity index (χ2n) is 7.07. The minimum atomic E-state index is -0.621. The lowest BCUT2D eigenvalue weighted by Crippen LogP contribution is -2.46. The van der Waals surface area contributed by atoms with E-state index in [0.29, 0.717) is 44.4 Å². The fraction of sp³-hybridized carbons (Fsp3) is 0.333. The third kappa shape index (κ3) is 6.81. The SMILES string of the molecule is O=C(Nc1ccc(Cl)cc1Cl)OCC[C@@H]1CCCCN1C(=O)Nc1ccc(Cl)cc1Cl. The average Bonchev–Trinajstić information content (AvgIpc) is 2.72. The third-order valence-electron chi connectivity index (χ3n) is 4.91. The number of urea groups is 1. The number of rotatable bonds is 5. The van der Waals surface area contributed by atoms with Gasteiger partial charge in [0.1, 0.15) is 0 Å². The van der Waals surface area contributed by atoms with Crippen LogP contribution in [0.5, 0.6) is 0 Å². The number of benzene rings is 2. The summed E-state index contributed by atoms with van der Waals surface area (Å²) < 4.78 is 5.28. The molecule has 2 aromatic rings. The molecule has 1 heterocycles. The molecule has 2 N–H and O–H groups in total. The van der Waals surface area contributed by atoms with Gasteiger partial charge < -0.3 is 15.0 Å². The summed E-state index contributed by atoms with van der Waals surface area (Å²) in [5.41, 5.74) is 0.908. The molecule has 0 unspecified atom stereocenters. The van der Waals surface area contributed by atoms with Crippen LogP contribution in [0.2, 0.25) is 20.1 Å². The Morgan fingerprint density at radius 1 is 0.935 bits per heavy atom. The van der Waals surface area contributed by atoms with E-state index < -0.39 is 6.09 Å². The molecule has 6 nitrogen and oxygen atoms in total. The fourth-order valence-corrected chi connectivity index (χ4v) is 4.28. The molecule has 0 saturated carbocycles. The van der Waals surface area contributed by atoms with Crippen LogP contribution in [0.25, 0.3) is 0 Å². The number of hydrogen-bond acceptors (Lipinski definition) is 3. The number of hydrogen-bond donors (Lipinski definition) is 2. The number of ether oxygens (including phenoxy) is 1. The molecule has 0 aromatic heterocycles. The molecule has 166 valence electrons. The standard InChI is InChI=1S/C21H21Cl4N3O3/c22-13-4-6-18(16(24)11-13)26-20(29)28-9-2-1-3-15(28)8-10-31-21(30)27-19-7-5-14(23)12-17(19)25/h4-7,11-12,15H,1-3,8-10H2,(H,26,29)(H,27,30)/t15-/m0/s1. The first kappa shape index (κ1) is 23.8. The first-order chi connectivity index (χ1) is 14.8. The Hall–Kier alpha value is -1.86. The molecule has 1 aliphatic rings. The maximum Gasteiger partial charge on any atom is 0.411 e. The van der Waals surface area contributed by atoms with Crippen molar-refractivity contribution in [2.24, 2.45) is 0 Å². The molecule has 3 rings (SSSR count). The van der Waals surface area contributed by atoms with E-state index in [9.17, 15) is 9.59 Å². The Kier molecular flexibility index (Phi) is 8.55. The predicted molar refractivity (Wildman–Crippen MR) is 126 cm³/mol. The van der Waals surface area contributed by atoms with E-state index in [2.05, 4.69) is 10.6 Å². The fourth-order valence-electron chi connectivity index (χ4n) is 3.37. The summed E-state index contributed by atoms with van der Waals surface area (Å²) in [5, 5.41) is 7.07. The lowest BCUT2D eigenvalue weighted by molar-refractivity contribution is 0.123. The third-order valence-corrected chi connectivity index (χ3v) is 6.01. The van der Waals surface area contributed by atoms with Crippen LogP contribution in [0.3, 0.4) is 0 Å². The summed E-state index contributed by atoms with van der Waals surface area (Å²) in [6, 6.07) is 9.36. The molecule has 0 radical (unpaired) electrons. The van der Waals surface area contributed by atoms with E-state index in [-0.39, 0.29) is 18.7 Å². The predicted octanol–water partition coefficient (Wildman–Crippen LogP) is 7.33. The van der Waals surface area contributed by atoms with Crippen LogP contribution in [-0.2, 0) is 4.74 Å². The average molecular weight is 505 g/mol. The monoisotopic (exact) mass is 503 g/mol. The number of halogens is 4. The molecule has 0 aliphatic carbocycles. The molecule has 0 spiro atoms. The second-order valence-corrected chi connectivity index (χ2v) is 8.76. The van der Waals surface area contributed by atoms with Crippen LogP contribution in [-0.4, -0.2) is 36.2 Å². The minimum absolute atomic E-state index is 0.0493. The molecule has 31 heavy (non-hydrogen) atoms. The van der Waals surface area contributed by atoms with Crippen molar-refractivity contribution in [1.29, 1.82) is 0 Å². The van der Waals surface area contributed by atoms with Crippen molar-refractivity contribution >= 4 is 69.9 Å².